The van der Waals surface area contributed by atoms with Crippen molar-refractivity contribution in [2.24, 2.45) is 5.73 Å². The largest absolute Gasteiger partial charge is 0.365 e. The van der Waals surface area contributed by atoms with Gasteiger partial charge in [0.15, 0.2) is 0 Å². The van der Waals surface area contributed by atoms with E-state index in [0.29, 0.717) is 5.56 Å². The summed E-state index contributed by atoms with van der Waals surface area (Å²) in [5.74, 6) is -0.382. The Morgan fingerprint density at radius 2 is 2.45 bits per heavy atom. The number of aromatic nitrogens is 1. The molecule has 0 bridgehead atoms. The molecule has 0 spiro atoms. The normalized spacial score (nSPS) is 12.5. The first-order valence-corrected chi connectivity index (χ1v) is 3.20. The molecule has 0 unspecified atom stereocenters. The van der Waals surface area contributed by atoms with E-state index in [9.17, 15) is 4.39 Å². The average Bonchev–Trinajstić information content (AvgIpc) is 2.36. The second-order valence-corrected chi connectivity index (χ2v) is 2.23. The lowest BCUT2D eigenvalue weighted by molar-refractivity contribution is 0.590. The second-order valence-electron chi connectivity index (χ2n) is 2.23. The van der Waals surface area contributed by atoms with Gasteiger partial charge in [0, 0.05) is 24.0 Å². The van der Waals surface area contributed by atoms with Gasteiger partial charge in [-0.15, -0.1) is 0 Å². The zero-order valence-corrected chi connectivity index (χ0v) is 5.84. The van der Waals surface area contributed by atoms with Gasteiger partial charge in [-0.1, -0.05) is 0 Å². The number of nitriles is 1. The van der Waals surface area contributed by atoms with E-state index in [1.807, 2.05) is 6.07 Å². The number of rotatable bonds is 2. The number of H-pyrrole nitrogens is 1. The van der Waals surface area contributed by atoms with Gasteiger partial charge in [0.1, 0.15) is 5.82 Å². The van der Waals surface area contributed by atoms with E-state index in [2.05, 4.69) is 4.98 Å². The highest BCUT2D eigenvalue weighted by molar-refractivity contribution is 5.17. The smallest absolute Gasteiger partial charge is 0.145 e. The highest BCUT2D eigenvalue weighted by atomic mass is 19.1. The van der Waals surface area contributed by atoms with Crippen molar-refractivity contribution >= 4 is 0 Å². The summed E-state index contributed by atoms with van der Waals surface area (Å²) in [4.78, 5) is 2.57. The quantitative estimate of drug-likeness (QED) is 0.667. The van der Waals surface area contributed by atoms with Crippen molar-refractivity contribution in [3.05, 3.63) is 23.8 Å². The summed E-state index contributed by atoms with van der Waals surface area (Å²) in [5, 5.41) is 8.26. The fraction of sp³-hybridized carbons (Fsp3) is 0.286. The molecule has 0 aliphatic rings. The highest BCUT2D eigenvalue weighted by Crippen LogP contribution is 2.15. The lowest BCUT2D eigenvalue weighted by Crippen LogP contribution is -2.09. The molecule has 4 heteroatoms. The number of nitrogens with zero attached hydrogens (tertiary/aromatic N) is 1. The molecule has 1 atom stereocenters. The van der Waals surface area contributed by atoms with E-state index < -0.39 is 6.04 Å². The van der Waals surface area contributed by atoms with Gasteiger partial charge in [0.2, 0.25) is 0 Å². The van der Waals surface area contributed by atoms with Crippen LogP contribution in [0.1, 0.15) is 18.0 Å². The van der Waals surface area contributed by atoms with Crippen molar-refractivity contribution in [2.75, 3.05) is 0 Å². The van der Waals surface area contributed by atoms with Gasteiger partial charge >= 0.3 is 0 Å². The third kappa shape index (κ3) is 1.57. The van der Waals surface area contributed by atoms with Crippen molar-refractivity contribution in [1.82, 2.24) is 4.98 Å². The number of nitrogens with two attached hydrogens (primary N) is 1. The first kappa shape index (κ1) is 7.76. The Morgan fingerprint density at radius 3 is 2.91 bits per heavy atom. The maximum absolute atomic E-state index is 12.7. The van der Waals surface area contributed by atoms with Crippen molar-refractivity contribution in [2.45, 2.75) is 12.5 Å². The highest BCUT2D eigenvalue weighted by Gasteiger charge is 2.10. The molecule has 0 aliphatic carbocycles. The van der Waals surface area contributed by atoms with Crippen LogP contribution in [-0.4, -0.2) is 4.98 Å². The Hall–Kier alpha value is -1.34. The molecule has 58 valence electrons. The van der Waals surface area contributed by atoms with Crippen molar-refractivity contribution in [1.29, 1.82) is 5.26 Å². The molecule has 0 fully saturated rings. The summed E-state index contributed by atoms with van der Waals surface area (Å²) in [6, 6.07) is 1.36. The molecule has 1 heterocycles. The van der Waals surface area contributed by atoms with Gasteiger partial charge in [-0.25, -0.2) is 4.39 Å². The van der Waals surface area contributed by atoms with E-state index in [0.717, 1.165) is 0 Å². The van der Waals surface area contributed by atoms with Crippen molar-refractivity contribution < 1.29 is 4.39 Å². The Labute approximate surface area is 63.6 Å². The molecular formula is C7H8FN3. The third-order valence-corrected chi connectivity index (χ3v) is 1.44. The van der Waals surface area contributed by atoms with Gasteiger partial charge in [-0.2, -0.15) is 5.26 Å². The van der Waals surface area contributed by atoms with Gasteiger partial charge in [0.05, 0.1) is 12.5 Å². The maximum atomic E-state index is 12.7. The van der Waals surface area contributed by atoms with Crippen LogP contribution in [0, 0.1) is 17.1 Å². The van der Waals surface area contributed by atoms with Crippen LogP contribution < -0.4 is 5.73 Å². The standard InChI is InChI=1S/C7H8FN3/c8-6-4-11-3-5(6)7(10)1-2-9/h3-4,7,11H,1,10H2/t7-/m1/s1. The van der Waals surface area contributed by atoms with Crippen LogP contribution in [0.15, 0.2) is 12.4 Å². The van der Waals surface area contributed by atoms with Crippen LogP contribution in [0.4, 0.5) is 4.39 Å². The molecule has 3 N–H and O–H groups in total. The minimum Gasteiger partial charge on any atom is -0.365 e. The van der Waals surface area contributed by atoms with Crippen molar-refractivity contribution in [3.8, 4) is 6.07 Å². The molecule has 0 radical (unpaired) electrons. The van der Waals surface area contributed by atoms with E-state index in [1.165, 1.54) is 12.4 Å². The molecule has 0 saturated heterocycles. The molecule has 1 aromatic heterocycles. The zero-order chi connectivity index (χ0) is 8.27. The third-order valence-electron chi connectivity index (χ3n) is 1.44. The Morgan fingerprint density at radius 1 is 1.73 bits per heavy atom. The van der Waals surface area contributed by atoms with Gasteiger partial charge < -0.3 is 10.7 Å². The topological polar surface area (TPSA) is 65.6 Å². The van der Waals surface area contributed by atoms with Crippen LogP contribution in [0.25, 0.3) is 0 Å². The van der Waals surface area contributed by atoms with Crippen LogP contribution >= 0.6 is 0 Å². The molecule has 0 aromatic carbocycles. The summed E-state index contributed by atoms with van der Waals surface area (Å²) in [7, 11) is 0. The summed E-state index contributed by atoms with van der Waals surface area (Å²) >= 11 is 0. The molecule has 3 nitrogen and oxygen atoms in total. The predicted octanol–water partition coefficient (Wildman–Crippen LogP) is 1.07. The minimum absolute atomic E-state index is 0.134. The van der Waals surface area contributed by atoms with Gasteiger partial charge in [-0.3, -0.25) is 0 Å². The molecule has 1 aromatic rings. The maximum Gasteiger partial charge on any atom is 0.145 e. The summed E-state index contributed by atoms with van der Waals surface area (Å²) in [5.41, 5.74) is 5.84. The average molecular weight is 153 g/mol. The Kier molecular flexibility index (Phi) is 2.24. The number of hydrogen-bond acceptors (Lipinski definition) is 2. The molecule has 0 saturated carbocycles. The van der Waals surface area contributed by atoms with Crippen LogP contribution in [0.2, 0.25) is 0 Å². The fourth-order valence-corrected chi connectivity index (χ4v) is 0.849. The van der Waals surface area contributed by atoms with E-state index in [4.69, 9.17) is 11.0 Å². The number of hydrogen-bond donors (Lipinski definition) is 2. The van der Waals surface area contributed by atoms with E-state index in [1.54, 1.807) is 0 Å². The predicted molar refractivity (Wildman–Crippen MR) is 37.9 cm³/mol. The summed E-state index contributed by atoms with van der Waals surface area (Å²) in [6.45, 7) is 0. The minimum atomic E-state index is -0.522. The Balaban J connectivity index is 2.77. The number of nitrogens with one attached hydrogen (secondary N) is 1. The molecule has 1 rings (SSSR count). The molecule has 0 aliphatic heterocycles. The first-order chi connectivity index (χ1) is 5.25. The fourth-order valence-electron chi connectivity index (χ4n) is 0.849. The number of aromatic amines is 1. The van der Waals surface area contributed by atoms with Crippen LogP contribution in [0.3, 0.4) is 0 Å². The summed E-state index contributed by atoms with van der Waals surface area (Å²) in [6.07, 6.45) is 2.82. The molecule has 0 amide bonds. The second kappa shape index (κ2) is 3.17. The van der Waals surface area contributed by atoms with E-state index in [-0.39, 0.29) is 12.2 Å². The summed E-state index contributed by atoms with van der Waals surface area (Å²) < 4.78 is 12.7. The van der Waals surface area contributed by atoms with Gasteiger partial charge in [-0.05, 0) is 0 Å². The molecule has 11 heavy (non-hydrogen) atoms. The lowest BCUT2D eigenvalue weighted by atomic mass is 10.1. The van der Waals surface area contributed by atoms with Crippen molar-refractivity contribution in [3.63, 3.8) is 0 Å². The van der Waals surface area contributed by atoms with Gasteiger partial charge in [0.25, 0.3) is 0 Å². The monoisotopic (exact) mass is 153 g/mol. The van der Waals surface area contributed by atoms with E-state index >= 15 is 0 Å². The SMILES string of the molecule is N#CC[C@@H](N)c1c[nH]cc1F. The zero-order valence-electron chi connectivity index (χ0n) is 5.84. The van der Waals surface area contributed by atoms with Crippen LogP contribution in [-0.2, 0) is 0 Å². The Bertz CT molecular complexity index is 273. The lowest BCUT2D eigenvalue weighted by Gasteiger charge is -2.02. The number of halogens is 1. The van der Waals surface area contributed by atoms with Crippen LogP contribution in [0.5, 0.6) is 0 Å². The first-order valence-electron chi connectivity index (χ1n) is 3.20. The molecular weight excluding hydrogens is 145 g/mol.